The van der Waals surface area contributed by atoms with Crippen molar-refractivity contribution in [1.82, 2.24) is 4.98 Å². The third-order valence-electron chi connectivity index (χ3n) is 4.60. The minimum Gasteiger partial charge on any atom is -0.497 e. The molecule has 1 aromatic heterocycles. The van der Waals surface area contributed by atoms with Crippen molar-refractivity contribution in [2.75, 3.05) is 12.4 Å². The summed E-state index contributed by atoms with van der Waals surface area (Å²) < 4.78 is 5.31. The minimum absolute atomic E-state index is 0.0463. The van der Waals surface area contributed by atoms with Crippen molar-refractivity contribution in [3.05, 3.63) is 59.8 Å². The Morgan fingerprint density at radius 1 is 1.25 bits per heavy atom. The van der Waals surface area contributed by atoms with Crippen molar-refractivity contribution in [3.63, 3.8) is 0 Å². The second-order valence-electron chi connectivity index (χ2n) is 5.85. The van der Waals surface area contributed by atoms with Crippen molar-refractivity contribution in [3.8, 4) is 11.8 Å². The molecule has 5 heteroatoms. The number of Topliss-reactive ketones (excluding diaryl/α,β-unsaturated/α-hetero) is 1. The standard InChI is InChI=1S/C19H15N3O2/c1-24-12-6-7-16-14(10-12)15(11-21-16)19(8-9-20)18(23)13-4-2-3-5-17(13)22-19/h2-7,10-11,21-22H,8H2,1H3. The first-order valence-corrected chi connectivity index (χ1v) is 7.64. The van der Waals surface area contributed by atoms with E-state index < -0.39 is 5.54 Å². The summed E-state index contributed by atoms with van der Waals surface area (Å²) in [6.45, 7) is 0. The van der Waals surface area contributed by atoms with Crippen LogP contribution in [0.5, 0.6) is 5.75 Å². The average molecular weight is 317 g/mol. The van der Waals surface area contributed by atoms with E-state index in [-0.39, 0.29) is 12.2 Å². The number of methoxy groups -OCH3 is 1. The summed E-state index contributed by atoms with van der Waals surface area (Å²) in [6.07, 6.45) is 1.85. The number of H-pyrrole nitrogens is 1. The molecule has 0 spiro atoms. The molecule has 2 aromatic carbocycles. The third kappa shape index (κ3) is 1.83. The van der Waals surface area contributed by atoms with E-state index in [1.807, 2.05) is 36.4 Å². The molecule has 0 bridgehead atoms. The number of nitriles is 1. The number of ketones is 1. The van der Waals surface area contributed by atoms with Gasteiger partial charge in [0, 0.05) is 33.9 Å². The zero-order valence-electron chi connectivity index (χ0n) is 13.1. The summed E-state index contributed by atoms with van der Waals surface area (Å²) in [6, 6.07) is 15.2. The molecule has 0 fully saturated rings. The van der Waals surface area contributed by atoms with E-state index >= 15 is 0 Å². The van der Waals surface area contributed by atoms with Crippen molar-refractivity contribution < 1.29 is 9.53 Å². The molecule has 1 atom stereocenters. The van der Waals surface area contributed by atoms with Crippen LogP contribution in [0.4, 0.5) is 5.69 Å². The first-order chi connectivity index (χ1) is 11.7. The Hall–Kier alpha value is -3.26. The molecule has 0 saturated carbocycles. The van der Waals surface area contributed by atoms with Crippen LogP contribution in [0, 0.1) is 11.3 Å². The van der Waals surface area contributed by atoms with Crippen LogP contribution in [0.3, 0.4) is 0 Å². The predicted molar refractivity (Wildman–Crippen MR) is 91.2 cm³/mol. The first kappa shape index (κ1) is 14.3. The van der Waals surface area contributed by atoms with Crippen LogP contribution in [0.25, 0.3) is 10.9 Å². The van der Waals surface area contributed by atoms with Crippen molar-refractivity contribution in [2.45, 2.75) is 12.0 Å². The number of aromatic nitrogens is 1. The molecular weight excluding hydrogens is 302 g/mol. The number of ether oxygens (including phenoxy) is 1. The number of nitrogens with one attached hydrogen (secondary N) is 2. The molecule has 0 aliphatic carbocycles. The largest absolute Gasteiger partial charge is 0.497 e. The molecule has 1 aliphatic heterocycles. The molecule has 24 heavy (non-hydrogen) atoms. The van der Waals surface area contributed by atoms with E-state index in [4.69, 9.17) is 4.74 Å². The number of aromatic amines is 1. The Balaban J connectivity index is 1.96. The van der Waals surface area contributed by atoms with Gasteiger partial charge in [-0.3, -0.25) is 4.79 Å². The molecule has 1 unspecified atom stereocenters. The number of carbonyl (C=O) groups excluding carboxylic acids is 1. The summed E-state index contributed by atoms with van der Waals surface area (Å²) in [7, 11) is 1.60. The fourth-order valence-corrected chi connectivity index (χ4v) is 3.41. The van der Waals surface area contributed by atoms with Crippen molar-refractivity contribution in [1.29, 1.82) is 5.26 Å². The van der Waals surface area contributed by atoms with Gasteiger partial charge in [-0.15, -0.1) is 0 Å². The molecule has 2 heterocycles. The Morgan fingerprint density at radius 2 is 2.08 bits per heavy atom. The van der Waals surface area contributed by atoms with Crippen LogP contribution in [0.1, 0.15) is 22.3 Å². The summed E-state index contributed by atoms with van der Waals surface area (Å²) >= 11 is 0. The lowest BCUT2D eigenvalue weighted by molar-refractivity contribution is 0.0920. The van der Waals surface area contributed by atoms with E-state index in [9.17, 15) is 10.1 Å². The third-order valence-corrected chi connectivity index (χ3v) is 4.60. The average Bonchev–Trinajstić information content (AvgIpc) is 3.15. The van der Waals surface area contributed by atoms with Gasteiger partial charge in [-0.25, -0.2) is 0 Å². The molecule has 1 aliphatic rings. The van der Waals surface area contributed by atoms with Gasteiger partial charge in [-0.05, 0) is 30.3 Å². The summed E-state index contributed by atoms with van der Waals surface area (Å²) in [5.74, 6) is 0.627. The lowest BCUT2D eigenvalue weighted by atomic mass is 9.83. The lowest BCUT2D eigenvalue weighted by Gasteiger charge is -2.25. The van der Waals surface area contributed by atoms with E-state index in [0.29, 0.717) is 11.3 Å². The SMILES string of the molecule is COc1ccc2[nH]cc(C3(CC#N)Nc4ccccc4C3=O)c2c1. The minimum atomic E-state index is -1.08. The summed E-state index contributed by atoms with van der Waals surface area (Å²) in [4.78, 5) is 16.3. The highest BCUT2D eigenvalue weighted by Crippen LogP contribution is 2.44. The quantitative estimate of drug-likeness (QED) is 0.774. The number of carbonyl (C=O) groups is 1. The highest BCUT2D eigenvalue weighted by Gasteiger charge is 2.47. The van der Waals surface area contributed by atoms with E-state index in [1.165, 1.54) is 0 Å². The topological polar surface area (TPSA) is 77.9 Å². The Morgan fingerprint density at radius 3 is 2.83 bits per heavy atom. The van der Waals surface area contributed by atoms with Crippen molar-refractivity contribution >= 4 is 22.4 Å². The second-order valence-corrected chi connectivity index (χ2v) is 5.85. The molecule has 2 N–H and O–H groups in total. The van der Waals surface area contributed by atoms with Crippen LogP contribution in [0.15, 0.2) is 48.7 Å². The van der Waals surface area contributed by atoms with Gasteiger partial charge in [-0.2, -0.15) is 5.26 Å². The Kier molecular flexibility index (Phi) is 3.07. The fraction of sp³-hybridized carbons (Fsp3) is 0.158. The molecule has 0 radical (unpaired) electrons. The van der Waals surface area contributed by atoms with Gasteiger partial charge in [0.25, 0.3) is 0 Å². The second kappa shape index (κ2) is 5.14. The number of benzene rings is 2. The van der Waals surface area contributed by atoms with Gasteiger partial charge in [0.05, 0.1) is 19.6 Å². The van der Waals surface area contributed by atoms with E-state index in [1.54, 1.807) is 19.4 Å². The summed E-state index contributed by atoms with van der Waals surface area (Å²) in [5, 5.41) is 13.6. The number of hydrogen-bond acceptors (Lipinski definition) is 4. The zero-order chi connectivity index (χ0) is 16.7. The van der Waals surface area contributed by atoms with Crippen LogP contribution in [-0.2, 0) is 5.54 Å². The van der Waals surface area contributed by atoms with Gasteiger partial charge in [0.2, 0.25) is 0 Å². The molecule has 4 rings (SSSR count). The highest BCUT2D eigenvalue weighted by atomic mass is 16.5. The maximum Gasteiger partial charge on any atom is 0.195 e. The number of nitrogens with zero attached hydrogens (tertiary/aromatic N) is 1. The Bertz CT molecular complexity index is 999. The lowest BCUT2D eigenvalue weighted by Crippen LogP contribution is -2.38. The molecule has 0 saturated heterocycles. The molecule has 0 amide bonds. The van der Waals surface area contributed by atoms with Gasteiger partial charge >= 0.3 is 0 Å². The zero-order valence-corrected chi connectivity index (χ0v) is 13.1. The van der Waals surface area contributed by atoms with Gasteiger partial charge in [0.15, 0.2) is 5.78 Å². The highest BCUT2D eigenvalue weighted by molar-refractivity contribution is 6.15. The number of rotatable bonds is 3. The van der Waals surface area contributed by atoms with Crippen LogP contribution in [0.2, 0.25) is 0 Å². The van der Waals surface area contributed by atoms with Crippen molar-refractivity contribution in [2.24, 2.45) is 0 Å². The fourth-order valence-electron chi connectivity index (χ4n) is 3.41. The Labute approximate surface area is 138 Å². The molecule has 3 aromatic rings. The molecular formula is C19H15N3O2. The number of anilines is 1. The maximum atomic E-state index is 13.1. The monoisotopic (exact) mass is 317 g/mol. The van der Waals surface area contributed by atoms with Crippen LogP contribution < -0.4 is 10.1 Å². The van der Waals surface area contributed by atoms with Crippen LogP contribution in [-0.4, -0.2) is 17.9 Å². The van der Waals surface area contributed by atoms with E-state index in [0.717, 1.165) is 22.2 Å². The number of fused-ring (bicyclic) bond motifs is 2. The normalized spacial score (nSPS) is 18.9. The number of para-hydroxylation sites is 1. The van der Waals surface area contributed by atoms with Crippen LogP contribution >= 0.6 is 0 Å². The predicted octanol–water partition coefficient (Wildman–Crippen LogP) is 3.59. The molecule has 118 valence electrons. The summed E-state index contributed by atoms with van der Waals surface area (Å²) in [5.41, 5.74) is 1.95. The number of hydrogen-bond donors (Lipinski definition) is 2. The smallest absolute Gasteiger partial charge is 0.195 e. The van der Waals surface area contributed by atoms with E-state index in [2.05, 4.69) is 16.4 Å². The first-order valence-electron chi connectivity index (χ1n) is 7.64. The van der Waals surface area contributed by atoms with Gasteiger partial charge < -0.3 is 15.0 Å². The van der Waals surface area contributed by atoms with Gasteiger partial charge in [-0.1, -0.05) is 12.1 Å². The maximum absolute atomic E-state index is 13.1. The molecule has 5 nitrogen and oxygen atoms in total. The van der Waals surface area contributed by atoms with Gasteiger partial charge in [0.1, 0.15) is 11.3 Å².